The van der Waals surface area contributed by atoms with E-state index in [1.807, 2.05) is 64.1 Å². The molecule has 0 spiro atoms. The van der Waals surface area contributed by atoms with Gasteiger partial charge in [-0.2, -0.15) is 0 Å². The molecule has 0 saturated heterocycles. The molecule has 40 heavy (non-hydrogen) atoms. The number of allylic oxidation sites excluding steroid dienone is 1. The van der Waals surface area contributed by atoms with Crippen molar-refractivity contribution in [2.24, 2.45) is 16.7 Å². The minimum Gasteiger partial charge on any atom is -0.507 e. The molecule has 1 saturated carbocycles. The number of phenolic OH excluding ortho intramolecular Hbond substituents is 1. The number of hydrogen-bond acceptors (Lipinski definition) is 6. The molecule has 6 heteroatoms. The molecule has 208 valence electrons. The molecule has 5 rings (SSSR count). The molecule has 0 unspecified atom stereocenters. The van der Waals surface area contributed by atoms with Gasteiger partial charge in [0, 0.05) is 22.0 Å². The topological polar surface area (TPSA) is 112 Å². The van der Waals surface area contributed by atoms with Gasteiger partial charge in [-0.05, 0) is 50.2 Å². The molecule has 5 atom stereocenters. The lowest BCUT2D eigenvalue weighted by Crippen LogP contribution is -2.71. The number of ketones is 3. The van der Waals surface area contributed by atoms with E-state index in [0.717, 1.165) is 11.1 Å². The second-order valence-electron chi connectivity index (χ2n) is 12.3. The lowest BCUT2D eigenvalue weighted by atomic mass is 9.40. The van der Waals surface area contributed by atoms with Crippen molar-refractivity contribution < 1.29 is 29.7 Å². The Morgan fingerprint density at radius 3 is 2.17 bits per heavy atom. The van der Waals surface area contributed by atoms with Crippen LogP contribution in [0.15, 0.2) is 53.1 Å². The number of aromatic hydroxyl groups is 1. The van der Waals surface area contributed by atoms with Gasteiger partial charge in [-0.3, -0.25) is 14.4 Å². The Hall–Kier alpha value is -3.77. The number of phenols is 1. The maximum atomic E-state index is 14.3. The summed E-state index contributed by atoms with van der Waals surface area (Å²) < 4.78 is 0. The zero-order chi connectivity index (χ0) is 29.5. The Kier molecular flexibility index (Phi) is 6.16. The predicted molar refractivity (Wildman–Crippen MR) is 155 cm³/mol. The highest BCUT2D eigenvalue weighted by Crippen LogP contribution is 2.68. The van der Waals surface area contributed by atoms with Gasteiger partial charge >= 0.3 is 0 Å². The summed E-state index contributed by atoms with van der Waals surface area (Å²) >= 11 is 0. The van der Waals surface area contributed by atoms with Crippen molar-refractivity contribution in [1.82, 2.24) is 0 Å². The van der Waals surface area contributed by atoms with Crippen molar-refractivity contribution in [2.75, 3.05) is 0 Å². The second-order valence-corrected chi connectivity index (χ2v) is 12.3. The van der Waals surface area contributed by atoms with Gasteiger partial charge < -0.3 is 15.3 Å². The Bertz CT molecular complexity index is 1590. The van der Waals surface area contributed by atoms with Crippen LogP contribution in [0.25, 0.3) is 17.9 Å². The van der Waals surface area contributed by atoms with Crippen LogP contribution in [0.3, 0.4) is 0 Å². The summed E-state index contributed by atoms with van der Waals surface area (Å²) in [6.45, 7) is 12.4. The number of benzene rings is 2. The van der Waals surface area contributed by atoms with E-state index in [-0.39, 0.29) is 34.8 Å². The van der Waals surface area contributed by atoms with E-state index in [1.54, 1.807) is 26.0 Å². The highest BCUT2D eigenvalue weighted by Gasteiger charge is 2.73. The number of Topliss-reactive ketones (excluding diaryl/α,β-unsaturated/α-hetero) is 3. The summed E-state index contributed by atoms with van der Waals surface area (Å²) in [7, 11) is 0. The van der Waals surface area contributed by atoms with Gasteiger partial charge in [0.2, 0.25) is 11.6 Å². The number of aliphatic hydroxyl groups is 2. The fraction of sp³-hybridized carbons (Fsp3) is 0.382. The fourth-order valence-corrected chi connectivity index (χ4v) is 7.63. The molecule has 0 amide bonds. The monoisotopic (exact) mass is 540 g/mol. The molecule has 0 bridgehead atoms. The normalized spacial score (nSPS) is 31.8. The smallest absolute Gasteiger partial charge is 0.206 e. The third kappa shape index (κ3) is 3.35. The molecule has 2 aromatic rings. The first-order valence-electron chi connectivity index (χ1n) is 13.7. The van der Waals surface area contributed by atoms with Gasteiger partial charge in [0.05, 0.1) is 11.1 Å². The molecule has 3 aliphatic rings. The van der Waals surface area contributed by atoms with Gasteiger partial charge in [0.25, 0.3) is 0 Å². The molecule has 0 heterocycles. The van der Waals surface area contributed by atoms with Gasteiger partial charge in [-0.1, -0.05) is 87.4 Å². The van der Waals surface area contributed by atoms with Crippen LogP contribution in [0.1, 0.15) is 81.7 Å². The third-order valence-corrected chi connectivity index (χ3v) is 10.4. The molecular formula is C34H36O6. The lowest BCUT2D eigenvalue weighted by Gasteiger charge is -2.62. The van der Waals surface area contributed by atoms with E-state index in [9.17, 15) is 29.7 Å². The molecule has 3 aliphatic carbocycles. The number of fused-ring (bicyclic) bond motifs is 3. The van der Waals surface area contributed by atoms with E-state index in [0.29, 0.717) is 16.7 Å². The van der Waals surface area contributed by atoms with Crippen molar-refractivity contribution in [2.45, 2.75) is 66.4 Å². The Morgan fingerprint density at radius 1 is 0.950 bits per heavy atom. The zero-order valence-corrected chi connectivity index (χ0v) is 24.0. The molecule has 1 fully saturated rings. The molecular weight excluding hydrogens is 504 g/mol. The average Bonchev–Trinajstić information content (AvgIpc) is 2.89. The summed E-state index contributed by atoms with van der Waals surface area (Å²) in [5.41, 5.74) is -1.06. The van der Waals surface area contributed by atoms with Crippen LogP contribution in [0.5, 0.6) is 5.75 Å². The van der Waals surface area contributed by atoms with Crippen LogP contribution in [-0.2, 0) is 14.4 Å². The van der Waals surface area contributed by atoms with Crippen molar-refractivity contribution in [3.63, 3.8) is 0 Å². The standard InChI is InChI=1S/C34H36O6/c1-17-8-10-22(11-9-17)12-13-23-14-15-24-19(3)33(7)21(5)32(6)16-18(2)25(20(4)35)30(38)34(32,40)31(39)27(33)29(37)26(24)28(23)36/h8-15,19,21,36-37,40H,16H2,1-7H3/b13-12+/t19-,21+,32+,33-,34+/m1/s1. The van der Waals surface area contributed by atoms with Crippen molar-refractivity contribution >= 4 is 35.3 Å². The first-order chi connectivity index (χ1) is 18.6. The van der Waals surface area contributed by atoms with E-state index in [2.05, 4.69) is 0 Å². The number of aliphatic hydroxyl groups excluding tert-OH is 1. The molecule has 0 aromatic heterocycles. The second kappa shape index (κ2) is 8.87. The summed E-state index contributed by atoms with van der Waals surface area (Å²) in [5.74, 6) is -3.74. The van der Waals surface area contributed by atoms with Gasteiger partial charge in [-0.25, -0.2) is 0 Å². The maximum Gasteiger partial charge on any atom is 0.206 e. The highest BCUT2D eigenvalue weighted by molar-refractivity contribution is 6.33. The van der Waals surface area contributed by atoms with E-state index < -0.39 is 45.5 Å². The first kappa shape index (κ1) is 27.8. The Balaban J connectivity index is 1.72. The summed E-state index contributed by atoms with van der Waals surface area (Å²) in [6, 6.07) is 11.5. The SMILES string of the molecule is CC(=O)C1=C(C)C[C@@]2(C)[C@H](C)[C@]3(C)C(=C(O)c4c(ccc(/C=C/c5ccc(C)cc5)c4O)[C@H]3C)C(=O)[C@@]2(O)C1=O. The van der Waals surface area contributed by atoms with Gasteiger partial charge in [-0.15, -0.1) is 0 Å². The minimum atomic E-state index is -2.52. The number of carbonyl (C=O) groups excluding carboxylic acids is 3. The average molecular weight is 541 g/mol. The predicted octanol–water partition coefficient (Wildman–Crippen LogP) is 6.10. The quantitative estimate of drug-likeness (QED) is 0.246. The number of rotatable bonds is 3. The van der Waals surface area contributed by atoms with Gasteiger partial charge in [0.1, 0.15) is 11.5 Å². The molecule has 0 radical (unpaired) electrons. The molecule has 6 nitrogen and oxygen atoms in total. The Morgan fingerprint density at radius 2 is 1.57 bits per heavy atom. The third-order valence-electron chi connectivity index (χ3n) is 10.4. The fourth-order valence-electron chi connectivity index (χ4n) is 7.63. The summed E-state index contributed by atoms with van der Waals surface area (Å²) in [6.07, 6.45) is 3.78. The summed E-state index contributed by atoms with van der Waals surface area (Å²) in [4.78, 5) is 40.5. The van der Waals surface area contributed by atoms with E-state index >= 15 is 0 Å². The lowest BCUT2D eigenvalue weighted by molar-refractivity contribution is -0.182. The van der Waals surface area contributed by atoms with Crippen LogP contribution in [0.4, 0.5) is 0 Å². The largest absolute Gasteiger partial charge is 0.507 e. The Labute approximate surface area is 234 Å². The van der Waals surface area contributed by atoms with Crippen LogP contribution >= 0.6 is 0 Å². The molecule has 2 aromatic carbocycles. The van der Waals surface area contributed by atoms with Crippen LogP contribution in [0, 0.1) is 23.7 Å². The van der Waals surface area contributed by atoms with Gasteiger partial charge in [0.15, 0.2) is 11.4 Å². The molecule has 3 N–H and O–H groups in total. The number of carbonyl (C=O) groups is 3. The first-order valence-corrected chi connectivity index (χ1v) is 13.7. The minimum absolute atomic E-state index is 0.0780. The zero-order valence-electron chi connectivity index (χ0n) is 24.0. The number of aryl methyl sites for hydroxylation is 1. The van der Waals surface area contributed by atoms with Crippen LogP contribution in [-0.4, -0.2) is 38.3 Å². The highest BCUT2D eigenvalue weighted by atomic mass is 16.3. The van der Waals surface area contributed by atoms with Crippen molar-refractivity contribution in [1.29, 1.82) is 0 Å². The van der Waals surface area contributed by atoms with Crippen molar-refractivity contribution in [3.8, 4) is 5.75 Å². The number of hydrogen-bond donors (Lipinski definition) is 3. The van der Waals surface area contributed by atoms with Crippen LogP contribution in [0.2, 0.25) is 0 Å². The maximum absolute atomic E-state index is 14.3. The summed E-state index contributed by atoms with van der Waals surface area (Å²) in [5, 5.41) is 35.2. The van der Waals surface area contributed by atoms with E-state index in [4.69, 9.17) is 0 Å². The van der Waals surface area contributed by atoms with E-state index in [1.165, 1.54) is 6.92 Å². The molecule has 0 aliphatic heterocycles. The van der Waals surface area contributed by atoms with Crippen molar-refractivity contribution in [3.05, 3.63) is 80.9 Å². The van der Waals surface area contributed by atoms with Crippen LogP contribution < -0.4 is 0 Å².